The topological polar surface area (TPSA) is 53.0 Å². The smallest absolute Gasteiger partial charge is 0.249 e. The standard InChI is InChI=1S/C23H27N3O2S2/c27-19-14-24-22(18-10-7-13-29-18)21-16-8-3-4-9-17(16)30-23(21)26(19)15-20(28)25-11-5-1-2-6-12-25/h7,10,13H,1-6,8-9,11-12,14-15H2. The van der Waals surface area contributed by atoms with Crippen LogP contribution in [0.25, 0.3) is 0 Å². The summed E-state index contributed by atoms with van der Waals surface area (Å²) in [6, 6.07) is 4.12. The first-order chi connectivity index (χ1) is 14.7. The Bertz CT molecular complexity index is 969. The van der Waals surface area contributed by atoms with Crippen LogP contribution in [-0.4, -0.2) is 48.6 Å². The highest BCUT2D eigenvalue weighted by Crippen LogP contribution is 2.43. The summed E-state index contributed by atoms with van der Waals surface area (Å²) in [4.78, 5) is 37.2. The minimum absolute atomic E-state index is 0.0652. The van der Waals surface area contributed by atoms with Gasteiger partial charge in [0.05, 0.1) is 10.6 Å². The van der Waals surface area contributed by atoms with Crippen LogP contribution in [0.1, 0.15) is 59.4 Å². The van der Waals surface area contributed by atoms with Gasteiger partial charge in [0.1, 0.15) is 18.1 Å². The van der Waals surface area contributed by atoms with Crippen molar-refractivity contribution in [2.45, 2.75) is 51.4 Å². The molecule has 4 heterocycles. The molecule has 2 aromatic heterocycles. The number of likely N-dealkylation sites (tertiary alicyclic amines) is 1. The van der Waals surface area contributed by atoms with Gasteiger partial charge >= 0.3 is 0 Å². The molecule has 2 aliphatic heterocycles. The van der Waals surface area contributed by atoms with E-state index in [-0.39, 0.29) is 24.9 Å². The summed E-state index contributed by atoms with van der Waals surface area (Å²) in [6.07, 6.45) is 8.96. The second-order valence-electron chi connectivity index (χ2n) is 8.31. The summed E-state index contributed by atoms with van der Waals surface area (Å²) >= 11 is 3.38. The molecule has 3 aliphatic rings. The van der Waals surface area contributed by atoms with Crippen molar-refractivity contribution in [3.05, 3.63) is 38.4 Å². The molecule has 1 fully saturated rings. The molecule has 5 rings (SSSR count). The highest BCUT2D eigenvalue weighted by Gasteiger charge is 2.34. The SMILES string of the molecule is O=C(CN1C(=O)CN=C(c2cccs2)c2c1sc1c2CCCC1)N1CCCCCC1. The molecule has 30 heavy (non-hydrogen) atoms. The van der Waals surface area contributed by atoms with Crippen molar-refractivity contribution >= 4 is 45.2 Å². The Kier molecular flexibility index (Phi) is 5.74. The first-order valence-corrected chi connectivity index (χ1v) is 12.7. The summed E-state index contributed by atoms with van der Waals surface area (Å²) in [6.45, 7) is 1.87. The number of hydrogen-bond donors (Lipinski definition) is 0. The quantitative estimate of drug-likeness (QED) is 0.714. The first-order valence-electron chi connectivity index (χ1n) is 11.0. The number of carbonyl (C=O) groups excluding carboxylic acids is 2. The lowest BCUT2D eigenvalue weighted by molar-refractivity contribution is -0.131. The van der Waals surface area contributed by atoms with Gasteiger partial charge in [0.25, 0.3) is 0 Å². The maximum absolute atomic E-state index is 13.1. The molecule has 1 aliphatic carbocycles. The Hall–Kier alpha value is -1.99. The van der Waals surface area contributed by atoms with E-state index in [4.69, 9.17) is 4.99 Å². The second kappa shape index (κ2) is 8.63. The lowest BCUT2D eigenvalue weighted by Gasteiger charge is -2.25. The van der Waals surface area contributed by atoms with Gasteiger partial charge in [-0.3, -0.25) is 19.5 Å². The average molecular weight is 442 g/mol. The van der Waals surface area contributed by atoms with Crippen molar-refractivity contribution in [3.8, 4) is 0 Å². The zero-order valence-corrected chi connectivity index (χ0v) is 18.8. The molecule has 0 N–H and O–H groups in total. The van der Waals surface area contributed by atoms with Crippen LogP contribution in [0, 0.1) is 0 Å². The fraction of sp³-hybridized carbons (Fsp3) is 0.522. The van der Waals surface area contributed by atoms with Crippen LogP contribution in [0.5, 0.6) is 0 Å². The number of aliphatic imine (C=N–C) groups is 1. The summed E-state index contributed by atoms with van der Waals surface area (Å²) in [5, 5.41) is 3.00. The number of rotatable bonds is 3. The number of thiophene rings is 2. The highest BCUT2D eigenvalue weighted by atomic mass is 32.1. The normalized spacial score (nSPS) is 19.6. The largest absolute Gasteiger partial charge is 0.341 e. The van der Waals surface area contributed by atoms with Crippen LogP contribution in [0.4, 0.5) is 5.00 Å². The summed E-state index contributed by atoms with van der Waals surface area (Å²) < 4.78 is 0. The van der Waals surface area contributed by atoms with E-state index in [0.29, 0.717) is 0 Å². The Labute approximate surface area is 185 Å². The van der Waals surface area contributed by atoms with Gasteiger partial charge in [-0.1, -0.05) is 18.9 Å². The molecular formula is C23H27N3O2S2. The van der Waals surface area contributed by atoms with Crippen LogP contribution < -0.4 is 4.90 Å². The molecule has 2 amide bonds. The minimum atomic E-state index is -0.0652. The zero-order chi connectivity index (χ0) is 20.5. The molecule has 0 saturated carbocycles. The number of amides is 2. The molecule has 0 aromatic carbocycles. The van der Waals surface area contributed by atoms with Gasteiger partial charge in [-0.05, 0) is 55.5 Å². The number of hydrogen-bond acceptors (Lipinski definition) is 5. The van der Waals surface area contributed by atoms with Crippen molar-refractivity contribution in [2.75, 3.05) is 31.1 Å². The monoisotopic (exact) mass is 441 g/mol. The molecule has 0 bridgehead atoms. The first kappa shape index (κ1) is 19.9. The summed E-state index contributed by atoms with van der Waals surface area (Å²) in [5.74, 6) is 0.00622. The molecule has 7 heteroatoms. The molecule has 0 atom stereocenters. The van der Waals surface area contributed by atoms with Crippen LogP contribution in [0.2, 0.25) is 0 Å². The number of fused-ring (bicyclic) bond motifs is 3. The molecule has 2 aromatic rings. The van der Waals surface area contributed by atoms with Crippen molar-refractivity contribution in [1.82, 2.24) is 4.90 Å². The molecule has 1 saturated heterocycles. The van der Waals surface area contributed by atoms with E-state index in [0.717, 1.165) is 59.9 Å². The van der Waals surface area contributed by atoms with Gasteiger partial charge in [-0.25, -0.2) is 0 Å². The van der Waals surface area contributed by atoms with Gasteiger partial charge < -0.3 is 4.90 Å². The fourth-order valence-electron chi connectivity index (χ4n) is 4.74. The Balaban J connectivity index is 1.53. The average Bonchev–Trinajstić information content (AvgIpc) is 3.30. The van der Waals surface area contributed by atoms with Gasteiger partial charge in [-0.2, -0.15) is 0 Å². The lowest BCUT2D eigenvalue weighted by atomic mass is 9.93. The third-order valence-corrected chi connectivity index (χ3v) is 8.51. The van der Waals surface area contributed by atoms with Crippen molar-refractivity contribution in [2.24, 2.45) is 4.99 Å². The van der Waals surface area contributed by atoms with Gasteiger partial charge in [0.2, 0.25) is 11.8 Å². The number of carbonyl (C=O) groups is 2. The number of anilines is 1. The lowest BCUT2D eigenvalue weighted by Crippen LogP contribution is -2.43. The van der Waals surface area contributed by atoms with Crippen molar-refractivity contribution in [1.29, 1.82) is 0 Å². The third kappa shape index (κ3) is 3.73. The second-order valence-corrected chi connectivity index (χ2v) is 10.3. The van der Waals surface area contributed by atoms with Crippen molar-refractivity contribution < 1.29 is 9.59 Å². The molecule has 0 radical (unpaired) electrons. The van der Waals surface area contributed by atoms with Gasteiger partial charge in [-0.15, -0.1) is 22.7 Å². The van der Waals surface area contributed by atoms with Crippen LogP contribution in [0.3, 0.4) is 0 Å². The Morgan fingerprint density at radius 1 is 1.07 bits per heavy atom. The summed E-state index contributed by atoms with van der Waals surface area (Å²) in [7, 11) is 0. The molecule has 158 valence electrons. The molecule has 0 spiro atoms. The van der Waals surface area contributed by atoms with E-state index >= 15 is 0 Å². The third-order valence-electron chi connectivity index (χ3n) is 6.31. The van der Waals surface area contributed by atoms with Gasteiger partial charge in [0, 0.05) is 23.5 Å². The molecule has 5 nitrogen and oxygen atoms in total. The Morgan fingerprint density at radius 3 is 2.63 bits per heavy atom. The van der Waals surface area contributed by atoms with Crippen molar-refractivity contribution in [3.63, 3.8) is 0 Å². The van der Waals surface area contributed by atoms with Crippen LogP contribution in [-0.2, 0) is 22.4 Å². The number of nitrogens with zero attached hydrogens (tertiary/aromatic N) is 3. The minimum Gasteiger partial charge on any atom is -0.341 e. The maximum atomic E-state index is 13.1. The van der Waals surface area contributed by atoms with E-state index in [1.54, 1.807) is 27.6 Å². The van der Waals surface area contributed by atoms with E-state index < -0.39 is 0 Å². The number of aryl methyl sites for hydroxylation is 1. The van der Waals surface area contributed by atoms with Crippen LogP contribution in [0.15, 0.2) is 22.5 Å². The fourth-order valence-corrected chi connectivity index (χ4v) is 6.88. The van der Waals surface area contributed by atoms with E-state index in [9.17, 15) is 9.59 Å². The summed E-state index contributed by atoms with van der Waals surface area (Å²) in [5.41, 5.74) is 3.42. The predicted octanol–water partition coefficient (Wildman–Crippen LogP) is 4.28. The Morgan fingerprint density at radius 2 is 1.87 bits per heavy atom. The van der Waals surface area contributed by atoms with Crippen LogP contribution >= 0.6 is 22.7 Å². The predicted molar refractivity (Wildman–Crippen MR) is 123 cm³/mol. The van der Waals surface area contributed by atoms with E-state index in [2.05, 4.69) is 11.4 Å². The van der Waals surface area contributed by atoms with Gasteiger partial charge in [0.15, 0.2) is 0 Å². The zero-order valence-electron chi connectivity index (χ0n) is 17.2. The maximum Gasteiger partial charge on any atom is 0.249 e. The van der Waals surface area contributed by atoms with E-state index in [1.807, 2.05) is 11.0 Å². The molecular weight excluding hydrogens is 414 g/mol. The highest BCUT2D eigenvalue weighted by molar-refractivity contribution is 7.17. The van der Waals surface area contributed by atoms with E-state index in [1.165, 1.54) is 36.1 Å². The molecule has 0 unspecified atom stereocenters.